The van der Waals surface area contributed by atoms with E-state index < -0.39 is 6.04 Å². The van der Waals surface area contributed by atoms with Crippen LogP contribution in [-0.2, 0) is 16.1 Å². The molecule has 0 fully saturated rings. The Kier molecular flexibility index (Phi) is 6.97. The number of nitrogens with zero attached hydrogens (tertiary/aromatic N) is 1. The summed E-state index contributed by atoms with van der Waals surface area (Å²) in [6.07, 6.45) is 1.61. The molecule has 5 nitrogen and oxygen atoms in total. The van der Waals surface area contributed by atoms with Crippen LogP contribution in [0.3, 0.4) is 0 Å². The van der Waals surface area contributed by atoms with Gasteiger partial charge in [0, 0.05) is 20.0 Å². The fraction of sp³-hybridized carbons (Fsp3) is 0.238. The van der Waals surface area contributed by atoms with Crippen LogP contribution in [0, 0.1) is 0 Å². The van der Waals surface area contributed by atoms with Crippen LogP contribution in [0.1, 0.15) is 24.1 Å². The van der Waals surface area contributed by atoms with Gasteiger partial charge in [0.1, 0.15) is 11.8 Å². The largest absolute Gasteiger partial charge is 0.497 e. The predicted molar refractivity (Wildman–Crippen MR) is 102 cm³/mol. The molecule has 0 aliphatic rings. The van der Waals surface area contributed by atoms with Gasteiger partial charge < -0.3 is 15.0 Å². The van der Waals surface area contributed by atoms with Crippen molar-refractivity contribution < 1.29 is 14.3 Å². The van der Waals surface area contributed by atoms with Crippen LogP contribution < -0.4 is 10.1 Å². The van der Waals surface area contributed by atoms with E-state index in [1.165, 1.54) is 6.92 Å². The first kappa shape index (κ1) is 19.2. The van der Waals surface area contributed by atoms with Gasteiger partial charge in [0.2, 0.25) is 11.8 Å². The third-order valence-electron chi connectivity index (χ3n) is 4.01. The summed E-state index contributed by atoms with van der Waals surface area (Å²) in [5.41, 5.74) is 1.68. The van der Waals surface area contributed by atoms with E-state index >= 15 is 0 Å². The fourth-order valence-corrected chi connectivity index (χ4v) is 2.69. The SMILES string of the molecule is C=CCNC(=O)[C@@H](c1ccccc1)N(Cc1ccc(OC)cc1)C(C)=O. The molecule has 2 rings (SSSR count). The number of carbonyl (C=O) groups excluding carboxylic acids is 2. The van der Waals surface area contributed by atoms with Crippen LogP contribution in [0.2, 0.25) is 0 Å². The lowest BCUT2D eigenvalue weighted by Gasteiger charge is -2.30. The quantitative estimate of drug-likeness (QED) is 0.743. The van der Waals surface area contributed by atoms with E-state index in [9.17, 15) is 9.59 Å². The van der Waals surface area contributed by atoms with E-state index in [4.69, 9.17) is 4.74 Å². The molecule has 2 aromatic carbocycles. The molecule has 0 radical (unpaired) electrons. The second-order valence-electron chi connectivity index (χ2n) is 5.84. The maximum absolute atomic E-state index is 12.8. The monoisotopic (exact) mass is 352 g/mol. The average Bonchev–Trinajstić information content (AvgIpc) is 2.67. The van der Waals surface area contributed by atoms with Crippen LogP contribution in [0.4, 0.5) is 0 Å². The van der Waals surface area contributed by atoms with Gasteiger partial charge in [-0.05, 0) is 23.3 Å². The van der Waals surface area contributed by atoms with Gasteiger partial charge in [-0.15, -0.1) is 6.58 Å². The van der Waals surface area contributed by atoms with Gasteiger partial charge in [-0.2, -0.15) is 0 Å². The van der Waals surface area contributed by atoms with Crippen LogP contribution in [0.5, 0.6) is 5.75 Å². The Bertz CT molecular complexity index is 742. The second kappa shape index (κ2) is 9.42. The zero-order valence-corrected chi connectivity index (χ0v) is 15.1. The third-order valence-corrected chi connectivity index (χ3v) is 4.01. The Morgan fingerprint density at radius 1 is 1.15 bits per heavy atom. The summed E-state index contributed by atoms with van der Waals surface area (Å²) >= 11 is 0. The summed E-state index contributed by atoms with van der Waals surface area (Å²) in [5, 5.41) is 2.80. The molecule has 0 aromatic heterocycles. The molecule has 0 spiro atoms. The van der Waals surface area contributed by atoms with Crippen molar-refractivity contribution in [3.63, 3.8) is 0 Å². The number of benzene rings is 2. The highest BCUT2D eigenvalue weighted by Gasteiger charge is 2.29. The maximum Gasteiger partial charge on any atom is 0.247 e. The molecule has 26 heavy (non-hydrogen) atoms. The van der Waals surface area contributed by atoms with Crippen molar-refractivity contribution in [1.82, 2.24) is 10.2 Å². The van der Waals surface area contributed by atoms with Crippen molar-refractivity contribution in [2.24, 2.45) is 0 Å². The molecule has 2 amide bonds. The Morgan fingerprint density at radius 2 is 1.81 bits per heavy atom. The van der Waals surface area contributed by atoms with E-state index in [-0.39, 0.29) is 11.8 Å². The van der Waals surface area contributed by atoms with E-state index in [0.29, 0.717) is 13.1 Å². The Hall–Kier alpha value is -3.08. The van der Waals surface area contributed by atoms with Crippen LogP contribution in [0.25, 0.3) is 0 Å². The molecule has 0 unspecified atom stereocenters. The molecule has 0 aliphatic heterocycles. The fourth-order valence-electron chi connectivity index (χ4n) is 2.69. The van der Waals surface area contributed by atoms with Crippen molar-refractivity contribution in [3.8, 4) is 5.75 Å². The molecule has 0 aliphatic carbocycles. The molecule has 136 valence electrons. The minimum atomic E-state index is -0.712. The number of hydrogen-bond donors (Lipinski definition) is 1. The van der Waals surface area contributed by atoms with Crippen LogP contribution in [-0.4, -0.2) is 30.4 Å². The molecule has 1 N–H and O–H groups in total. The van der Waals surface area contributed by atoms with Gasteiger partial charge >= 0.3 is 0 Å². The van der Waals surface area contributed by atoms with Gasteiger partial charge in [0.15, 0.2) is 0 Å². The number of rotatable bonds is 8. The summed E-state index contributed by atoms with van der Waals surface area (Å²) in [4.78, 5) is 26.7. The highest BCUT2D eigenvalue weighted by molar-refractivity contribution is 5.88. The summed E-state index contributed by atoms with van der Waals surface area (Å²) in [6, 6.07) is 16.0. The Morgan fingerprint density at radius 3 is 2.35 bits per heavy atom. The molecule has 0 bridgehead atoms. The zero-order valence-electron chi connectivity index (χ0n) is 15.1. The van der Waals surface area contributed by atoms with Gasteiger partial charge in [-0.25, -0.2) is 0 Å². The number of carbonyl (C=O) groups is 2. The number of hydrogen-bond acceptors (Lipinski definition) is 3. The summed E-state index contributed by atoms with van der Waals surface area (Å²) < 4.78 is 5.17. The molecule has 1 atom stereocenters. The van der Waals surface area contributed by atoms with Gasteiger partial charge in [0.05, 0.1) is 7.11 Å². The van der Waals surface area contributed by atoms with E-state index in [1.807, 2.05) is 54.6 Å². The standard InChI is InChI=1S/C21H24N2O3/c1-4-14-22-21(25)20(18-8-6-5-7-9-18)23(16(2)24)15-17-10-12-19(26-3)13-11-17/h4-13,20H,1,14-15H2,2-3H3,(H,22,25)/t20-/m1/s1. The highest BCUT2D eigenvalue weighted by atomic mass is 16.5. The summed E-state index contributed by atoms with van der Waals surface area (Å²) in [5.74, 6) is 0.328. The Balaban J connectivity index is 2.34. The minimum absolute atomic E-state index is 0.177. The van der Waals surface area contributed by atoms with Crippen molar-refractivity contribution in [2.45, 2.75) is 19.5 Å². The van der Waals surface area contributed by atoms with E-state index in [2.05, 4.69) is 11.9 Å². The predicted octanol–water partition coefficient (Wildman–Crippen LogP) is 3.09. The van der Waals surface area contributed by atoms with Gasteiger partial charge in [0.25, 0.3) is 0 Å². The van der Waals surface area contributed by atoms with Crippen molar-refractivity contribution in [3.05, 3.63) is 78.4 Å². The third kappa shape index (κ3) is 4.96. The first-order valence-electron chi connectivity index (χ1n) is 8.40. The van der Waals surface area contributed by atoms with Crippen LogP contribution in [0.15, 0.2) is 67.3 Å². The number of methoxy groups -OCH3 is 1. The molecule has 0 saturated carbocycles. The topological polar surface area (TPSA) is 58.6 Å². The first-order valence-corrected chi connectivity index (χ1v) is 8.40. The van der Waals surface area contributed by atoms with Crippen LogP contribution >= 0.6 is 0 Å². The average molecular weight is 352 g/mol. The van der Waals surface area contributed by atoms with Crippen molar-refractivity contribution >= 4 is 11.8 Å². The van der Waals surface area contributed by atoms with Crippen molar-refractivity contribution in [2.75, 3.05) is 13.7 Å². The number of ether oxygens (including phenoxy) is 1. The molecular weight excluding hydrogens is 328 g/mol. The minimum Gasteiger partial charge on any atom is -0.497 e. The first-order chi connectivity index (χ1) is 12.6. The highest BCUT2D eigenvalue weighted by Crippen LogP contribution is 2.24. The molecule has 5 heteroatoms. The lowest BCUT2D eigenvalue weighted by atomic mass is 10.0. The van der Waals surface area contributed by atoms with E-state index in [0.717, 1.165) is 16.9 Å². The Labute approximate surface area is 154 Å². The normalized spacial score (nSPS) is 11.3. The molecule has 0 saturated heterocycles. The number of amides is 2. The van der Waals surface area contributed by atoms with Crippen molar-refractivity contribution in [1.29, 1.82) is 0 Å². The van der Waals surface area contributed by atoms with Gasteiger partial charge in [-0.1, -0.05) is 48.5 Å². The smallest absolute Gasteiger partial charge is 0.247 e. The van der Waals surface area contributed by atoms with Gasteiger partial charge in [-0.3, -0.25) is 9.59 Å². The zero-order chi connectivity index (χ0) is 18.9. The lowest BCUT2D eigenvalue weighted by Crippen LogP contribution is -2.42. The molecular formula is C21H24N2O3. The number of nitrogens with one attached hydrogen (secondary N) is 1. The second-order valence-corrected chi connectivity index (χ2v) is 5.84. The molecule has 2 aromatic rings. The summed E-state index contributed by atoms with van der Waals surface area (Å²) in [6.45, 7) is 5.76. The maximum atomic E-state index is 12.8. The molecule has 0 heterocycles. The lowest BCUT2D eigenvalue weighted by molar-refractivity contribution is -0.139. The summed E-state index contributed by atoms with van der Waals surface area (Å²) in [7, 11) is 1.60. The van der Waals surface area contributed by atoms with E-state index in [1.54, 1.807) is 18.1 Å².